The normalized spacial score (nSPS) is 11.9. The Balaban J connectivity index is 0.987. The summed E-state index contributed by atoms with van der Waals surface area (Å²) in [7, 11) is 0. The molecule has 0 aliphatic carbocycles. The molecule has 0 saturated heterocycles. The monoisotopic (exact) mass is 792 g/mol. The van der Waals surface area contributed by atoms with Crippen LogP contribution >= 0.6 is 0 Å². The van der Waals surface area contributed by atoms with Crippen molar-refractivity contribution in [1.29, 1.82) is 0 Å². The number of hydrogen-bond donors (Lipinski definition) is 0. The minimum atomic E-state index is 0.842. The van der Waals surface area contributed by atoms with Crippen molar-refractivity contribution in [3.05, 3.63) is 218 Å². The number of anilines is 3. The van der Waals surface area contributed by atoms with Crippen LogP contribution in [0, 0.1) is 0 Å². The molecule has 4 heteroatoms. The smallest absolute Gasteiger partial charge is 0.159 e. The molecular formula is C58H36N2O2. The molecule has 0 fully saturated rings. The van der Waals surface area contributed by atoms with E-state index in [9.17, 15) is 0 Å². The van der Waals surface area contributed by atoms with Gasteiger partial charge in [0, 0.05) is 54.6 Å². The van der Waals surface area contributed by atoms with Crippen LogP contribution in [0.3, 0.4) is 0 Å². The van der Waals surface area contributed by atoms with Gasteiger partial charge in [0.25, 0.3) is 0 Å². The Hall–Kier alpha value is -8.34. The zero-order valence-corrected chi connectivity index (χ0v) is 33.5. The Labute approximate surface area is 356 Å². The van der Waals surface area contributed by atoms with E-state index in [2.05, 4.69) is 216 Å². The van der Waals surface area contributed by atoms with Gasteiger partial charge in [-0.05, 0) is 88.8 Å². The molecule has 0 atom stereocenters. The average molecular weight is 793 g/mol. The number of benzene rings is 10. The average Bonchev–Trinajstić information content (AvgIpc) is 4.02. The topological polar surface area (TPSA) is 34.5 Å². The zero-order chi connectivity index (χ0) is 40.7. The first-order valence-electron chi connectivity index (χ1n) is 21.1. The lowest BCUT2D eigenvalue weighted by molar-refractivity contribution is 0.669. The number of aromatic nitrogens is 1. The minimum Gasteiger partial charge on any atom is -0.455 e. The maximum atomic E-state index is 6.72. The fourth-order valence-electron chi connectivity index (χ4n) is 9.83. The number of hydrogen-bond acceptors (Lipinski definition) is 3. The lowest BCUT2D eigenvalue weighted by Gasteiger charge is -2.26. The molecule has 3 heterocycles. The number of furan rings is 2. The van der Waals surface area contributed by atoms with Gasteiger partial charge in [-0.2, -0.15) is 0 Å². The molecule has 0 aliphatic heterocycles. The number of rotatable bonds is 6. The Kier molecular flexibility index (Phi) is 7.57. The van der Waals surface area contributed by atoms with Gasteiger partial charge in [-0.3, -0.25) is 0 Å². The van der Waals surface area contributed by atoms with Crippen molar-refractivity contribution in [1.82, 2.24) is 4.57 Å². The van der Waals surface area contributed by atoms with Crippen molar-refractivity contribution in [3.8, 4) is 27.9 Å². The van der Waals surface area contributed by atoms with E-state index < -0.39 is 0 Å². The summed E-state index contributed by atoms with van der Waals surface area (Å²) in [6.45, 7) is 0. The largest absolute Gasteiger partial charge is 0.455 e. The minimum absolute atomic E-state index is 0.842. The van der Waals surface area contributed by atoms with Crippen LogP contribution in [-0.2, 0) is 0 Å². The summed E-state index contributed by atoms with van der Waals surface area (Å²) in [5, 5.41) is 9.18. The third kappa shape index (κ3) is 5.20. The molecule has 0 spiro atoms. The van der Waals surface area contributed by atoms with Crippen molar-refractivity contribution in [2.24, 2.45) is 0 Å². The summed E-state index contributed by atoms with van der Waals surface area (Å²) in [5.41, 5.74) is 14.5. The van der Waals surface area contributed by atoms with E-state index in [4.69, 9.17) is 8.83 Å². The van der Waals surface area contributed by atoms with Crippen molar-refractivity contribution in [3.63, 3.8) is 0 Å². The van der Waals surface area contributed by atoms with E-state index in [0.29, 0.717) is 0 Å². The Morgan fingerprint density at radius 1 is 0.355 bits per heavy atom. The molecule has 0 N–H and O–H groups in total. The molecule has 4 nitrogen and oxygen atoms in total. The van der Waals surface area contributed by atoms with Gasteiger partial charge in [0.15, 0.2) is 5.58 Å². The van der Waals surface area contributed by atoms with Crippen molar-refractivity contribution < 1.29 is 8.83 Å². The van der Waals surface area contributed by atoms with E-state index in [-0.39, 0.29) is 0 Å². The van der Waals surface area contributed by atoms with Crippen LogP contribution in [-0.4, -0.2) is 4.57 Å². The molecule has 13 aromatic rings. The highest BCUT2D eigenvalue weighted by molar-refractivity contribution is 6.19. The molecule has 3 aromatic heterocycles. The number of nitrogens with zero attached hydrogens (tertiary/aromatic N) is 2. The highest BCUT2D eigenvalue weighted by Crippen LogP contribution is 2.46. The maximum Gasteiger partial charge on any atom is 0.159 e. The van der Waals surface area contributed by atoms with E-state index >= 15 is 0 Å². The lowest BCUT2D eigenvalue weighted by Crippen LogP contribution is -2.10. The summed E-state index contributed by atoms with van der Waals surface area (Å²) >= 11 is 0. The molecule has 13 rings (SSSR count). The van der Waals surface area contributed by atoms with Crippen LogP contribution in [0.4, 0.5) is 17.1 Å². The van der Waals surface area contributed by atoms with Gasteiger partial charge >= 0.3 is 0 Å². The highest BCUT2D eigenvalue weighted by atomic mass is 16.3. The summed E-state index contributed by atoms with van der Waals surface area (Å²) in [4.78, 5) is 2.33. The molecule has 10 aromatic carbocycles. The molecule has 0 saturated carbocycles. The number of para-hydroxylation sites is 5. The second-order valence-electron chi connectivity index (χ2n) is 16.0. The summed E-state index contributed by atoms with van der Waals surface area (Å²) in [6.07, 6.45) is 0. The lowest BCUT2D eigenvalue weighted by atomic mass is 9.97. The van der Waals surface area contributed by atoms with Crippen molar-refractivity contribution >= 4 is 93.5 Å². The van der Waals surface area contributed by atoms with Gasteiger partial charge < -0.3 is 18.3 Å². The second-order valence-corrected chi connectivity index (χ2v) is 16.0. The van der Waals surface area contributed by atoms with Gasteiger partial charge in [0.2, 0.25) is 0 Å². The van der Waals surface area contributed by atoms with E-state index in [1.807, 2.05) is 12.1 Å². The first kappa shape index (κ1) is 34.5. The van der Waals surface area contributed by atoms with Crippen LogP contribution in [0.2, 0.25) is 0 Å². The van der Waals surface area contributed by atoms with Crippen LogP contribution in [0.1, 0.15) is 0 Å². The third-order valence-corrected chi connectivity index (χ3v) is 12.6. The molecule has 0 radical (unpaired) electrons. The van der Waals surface area contributed by atoms with Crippen molar-refractivity contribution in [2.45, 2.75) is 0 Å². The molecule has 0 unspecified atom stereocenters. The zero-order valence-electron chi connectivity index (χ0n) is 33.5. The first-order valence-corrected chi connectivity index (χ1v) is 21.1. The standard InChI is InChI=1S/C58H36N2O2/c1-2-18-44-37(14-1)32-35-49-56-43(22-13-29-55(56)62-57(44)49)39-15-11-16-41(36-39)59(53-27-12-23-48-47-21-6-10-28-54(47)61-58(48)53)40-33-30-38(31-34-40)42-17-3-7-24-50(42)60-51-25-8-4-19-45(51)46-20-5-9-26-52(46)60/h1-36H. The molecular weight excluding hydrogens is 757 g/mol. The first-order chi connectivity index (χ1) is 30.8. The number of fused-ring (bicyclic) bond motifs is 11. The van der Waals surface area contributed by atoms with Gasteiger partial charge in [-0.1, -0.05) is 152 Å². The van der Waals surface area contributed by atoms with Gasteiger partial charge in [0.05, 0.1) is 22.4 Å². The van der Waals surface area contributed by atoms with Crippen LogP contribution in [0.25, 0.3) is 104 Å². The molecule has 290 valence electrons. The van der Waals surface area contributed by atoms with Gasteiger partial charge in [0.1, 0.15) is 16.7 Å². The summed E-state index contributed by atoms with van der Waals surface area (Å²) < 4.78 is 15.7. The fraction of sp³-hybridized carbons (Fsp3) is 0. The highest BCUT2D eigenvalue weighted by Gasteiger charge is 2.22. The van der Waals surface area contributed by atoms with E-state index in [1.165, 1.54) is 27.2 Å². The third-order valence-electron chi connectivity index (χ3n) is 12.6. The predicted octanol–water partition coefficient (Wildman–Crippen LogP) is 16.5. The Morgan fingerprint density at radius 3 is 1.82 bits per heavy atom. The quantitative estimate of drug-likeness (QED) is 0.168. The Morgan fingerprint density at radius 2 is 0.984 bits per heavy atom. The molecule has 0 amide bonds. The van der Waals surface area contributed by atoms with Crippen LogP contribution in [0.15, 0.2) is 227 Å². The molecule has 62 heavy (non-hydrogen) atoms. The van der Waals surface area contributed by atoms with Crippen LogP contribution in [0.5, 0.6) is 0 Å². The van der Waals surface area contributed by atoms with Gasteiger partial charge in [-0.15, -0.1) is 0 Å². The fourth-order valence-corrected chi connectivity index (χ4v) is 9.83. The van der Waals surface area contributed by atoms with E-state index in [1.54, 1.807) is 0 Å². The van der Waals surface area contributed by atoms with E-state index in [0.717, 1.165) is 94.3 Å². The van der Waals surface area contributed by atoms with Crippen molar-refractivity contribution in [2.75, 3.05) is 4.90 Å². The molecule has 0 aliphatic rings. The maximum absolute atomic E-state index is 6.72. The molecule has 0 bridgehead atoms. The second kappa shape index (κ2) is 13.6. The van der Waals surface area contributed by atoms with Crippen LogP contribution < -0.4 is 4.90 Å². The van der Waals surface area contributed by atoms with Gasteiger partial charge in [-0.25, -0.2) is 0 Å². The summed E-state index contributed by atoms with van der Waals surface area (Å²) in [5.74, 6) is 0. The Bertz CT molecular complexity index is 3830. The SMILES string of the molecule is c1cc(-c2cccc3oc4c5ccccc5ccc4c23)cc(N(c2ccc(-c3ccccc3-n3c4ccccc4c4ccccc43)cc2)c2cccc3c2oc2ccccc23)c1. The summed E-state index contributed by atoms with van der Waals surface area (Å²) in [6, 6.07) is 77.9. The predicted molar refractivity (Wildman–Crippen MR) is 258 cm³/mol.